The Bertz CT molecular complexity index is 622. The van der Waals surface area contributed by atoms with Crippen LogP contribution in [0.15, 0.2) is 67.2 Å². The fraction of sp³-hybridized carbons (Fsp3) is 0.211. The first-order chi connectivity index (χ1) is 10.6. The number of hydrogen-bond acceptors (Lipinski definition) is 2. The Morgan fingerprint density at radius 1 is 1.09 bits per heavy atom. The second kappa shape index (κ2) is 7.46. The van der Waals surface area contributed by atoms with E-state index in [0.29, 0.717) is 0 Å². The van der Waals surface area contributed by atoms with Crippen LogP contribution in [0.3, 0.4) is 0 Å². The van der Waals surface area contributed by atoms with E-state index >= 15 is 0 Å². The molecule has 2 aromatic rings. The Morgan fingerprint density at radius 2 is 1.64 bits per heavy atom. The molecule has 0 bridgehead atoms. The van der Waals surface area contributed by atoms with Crippen molar-refractivity contribution in [3.8, 4) is 0 Å². The Hall–Kier alpha value is -2.55. The molecule has 0 aromatic heterocycles. The van der Waals surface area contributed by atoms with Crippen LogP contribution in [0.25, 0.3) is 5.57 Å². The van der Waals surface area contributed by atoms with Crippen LogP contribution in [-0.2, 0) is 11.3 Å². The van der Waals surface area contributed by atoms with Gasteiger partial charge < -0.3 is 9.64 Å². The van der Waals surface area contributed by atoms with Crippen molar-refractivity contribution in [2.45, 2.75) is 19.6 Å². The molecule has 1 atom stereocenters. The molecule has 2 rings (SSSR count). The average molecular weight is 295 g/mol. The van der Waals surface area contributed by atoms with Gasteiger partial charge in [0.05, 0.1) is 6.04 Å². The first-order valence-electron chi connectivity index (χ1n) is 7.27. The zero-order valence-corrected chi connectivity index (χ0v) is 13.0. The number of ether oxygens (including phenoxy) is 1. The smallest absolute Gasteiger partial charge is 0.410 e. The first-order valence-corrected chi connectivity index (χ1v) is 7.27. The predicted octanol–water partition coefficient (Wildman–Crippen LogP) is 4.36. The Balaban J connectivity index is 1.93. The van der Waals surface area contributed by atoms with E-state index in [1.54, 1.807) is 11.9 Å². The van der Waals surface area contributed by atoms with E-state index in [1.165, 1.54) is 0 Å². The van der Waals surface area contributed by atoms with E-state index < -0.39 is 0 Å². The molecule has 0 N–H and O–H groups in total. The molecule has 0 radical (unpaired) electrons. The van der Waals surface area contributed by atoms with Gasteiger partial charge in [0, 0.05) is 7.05 Å². The minimum Gasteiger partial charge on any atom is -0.445 e. The summed E-state index contributed by atoms with van der Waals surface area (Å²) in [6.07, 6.45) is -0.353. The van der Waals surface area contributed by atoms with Crippen molar-refractivity contribution in [2.75, 3.05) is 7.05 Å². The van der Waals surface area contributed by atoms with Crippen molar-refractivity contribution < 1.29 is 9.53 Å². The number of carbonyl (C=O) groups excluding carboxylic acids is 1. The van der Waals surface area contributed by atoms with Gasteiger partial charge in [0.1, 0.15) is 6.61 Å². The van der Waals surface area contributed by atoms with Gasteiger partial charge in [0.15, 0.2) is 0 Å². The lowest BCUT2D eigenvalue weighted by Gasteiger charge is -2.26. The zero-order chi connectivity index (χ0) is 15.9. The predicted molar refractivity (Wildman–Crippen MR) is 89.3 cm³/mol. The molecule has 2 aromatic carbocycles. The molecule has 22 heavy (non-hydrogen) atoms. The van der Waals surface area contributed by atoms with Crippen molar-refractivity contribution in [3.05, 3.63) is 78.4 Å². The molecule has 0 spiro atoms. The summed E-state index contributed by atoms with van der Waals surface area (Å²) >= 11 is 0. The molecule has 1 amide bonds. The normalized spacial score (nSPS) is 11.5. The van der Waals surface area contributed by atoms with Crippen LogP contribution in [0.2, 0.25) is 0 Å². The third-order valence-electron chi connectivity index (χ3n) is 3.72. The first kappa shape index (κ1) is 15.8. The topological polar surface area (TPSA) is 29.5 Å². The van der Waals surface area contributed by atoms with Gasteiger partial charge >= 0.3 is 6.09 Å². The van der Waals surface area contributed by atoms with Crippen LogP contribution < -0.4 is 0 Å². The SMILES string of the molecule is C=C(c1ccccc1)C(C)N(C)C(=O)OCc1ccccc1. The highest BCUT2D eigenvalue weighted by Crippen LogP contribution is 2.20. The number of benzene rings is 2. The van der Waals surface area contributed by atoms with Gasteiger partial charge in [-0.15, -0.1) is 0 Å². The van der Waals surface area contributed by atoms with E-state index in [4.69, 9.17) is 4.74 Å². The van der Waals surface area contributed by atoms with Gasteiger partial charge in [-0.1, -0.05) is 67.2 Å². The number of carbonyl (C=O) groups is 1. The standard InChI is InChI=1S/C19H21NO2/c1-15(18-12-8-5-9-13-18)16(2)20(3)19(21)22-14-17-10-6-4-7-11-17/h4-13,16H,1,14H2,2-3H3. The monoisotopic (exact) mass is 295 g/mol. The fourth-order valence-electron chi connectivity index (χ4n) is 2.11. The summed E-state index contributed by atoms with van der Waals surface area (Å²) in [5.41, 5.74) is 2.89. The molecular weight excluding hydrogens is 274 g/mol. The molecular formula is C19H21NO2. The number of amides is 1. The maximum Gasteiger partial charge on any atom is 0.410 e. The zero-order valence-electron chi connectivity index (χ0n) is 13.0. The summed E-state index contributed by atoms with van der Waals surface area (Å²) in [4.78, 5) is 13.7. The highest BCUT2D eigenvalue weighted by Gasteiger charge is 2.20. The molecule has 0 fully saturated rings. The number of likely N-dealkylation sites (N-methyl/N-ethyl adjacent to an activating group) is 1. The third-order valence-corrected chi connectivity index (χ3v) is 3.72. The Labute approximate surface area is 131 Å². The van der Waals surface area contributed by atoms with E-state index in [2.05, 4.69) is 6.58 Å². The summed E-state index contributed by atoms with van der Waals surface area (Å²) in [6.45, 7) is 6.31. The quantitative estimate of drug-likeness (QED) is 0.820. The molecule has 0 aliphatic rings. The molecule has 0 saturated carbocycles. The molecule has 3 heteroatoms. The van der Waals surface area contributed by atoms with Crippen molar-refractivity contribution in [2.24, 2.45) is 0 Å². The van der Waals surface area contributed by atoms with Gasteiger partial charge in [-0.05, 0) is 23.6 Å². The van der Waals surface area contributed by atoms with Crippen LogP contribution in [0, 0.1) is 0 Å². The number of nitrogens with zero attached hydrogens (tertiary/aromatic N) is 1. The number of hydrogen-bond donors (Lipinski definition) is 0. The van der Waals surface area contributed by atoms with Crippen LogP contribution in [-0.4, -0.2) is 24.1 Å². The van der Waals surface area contributed by atoms with E-state index in [1.807, 2.05) is 67.6 Å². The summed E-state index contributed by atoms with van der Waals surface area (Å²) in [5, 5.41) is 0. The molecule has 0 aliphatic heterocycles. The van der Waals surface area contributed by atoms with E-state index in [0.717, 1.165) is 16.7 Å². The van der Waals surface area contributed by atoms with Crippen LogP contribution in [0.4, 0.5) is 4.79 Å². The molecule has 0 saturated heterocycles. The van der Waals surface area contributed by atoms with Crippen LogP contribution in [0.1, 0.15) is 18.1 Å². The van der Waals surface area contributed by atoms with Gasteiger partial charge in [-0.3, -0.25) is 0 Å². The van der Waals surface area contributed by atoms with E-state index in [-0.39, 0.29) is 18.7 Å². The second-order valence-corrected chi connectivity index (χ2v) is 5.22. The average Bonchev–Trinajstić information content (AvgIpc) is 2.59. The largest absolute Gasteiger partial charge is 0.445 e. The molecule has 0 heterocycles. The van der Waals surface area contributed by atoms with E-state index in [9.17, 15) is 4.79 Å². The third kappa shape index (κ3) is 3.98. The summed E-state index contributed by atoms with van der Waals surface area (Å²) in [5.74, 6) is 0. The summed E-state index contributed by atoms with van der Waals surface area (Å²) in [7, 11) is 1.73. The van der Waals surface area contributed by atoms with Crippen molar-refractivity contribution in [1.29, 1.82) is 0 Å². The molecule has 0 aliphatic carbocycles. The molecule has 1 unspecified atom stereocenters. The Morgan fingerprint density at radius 3 is 2.23 bits per heavy atom. The highest BCUT2D eigenvalue weighted by molar-refractivity contribution is 5.74. The van der Waals surface area contributed by atoms with Crippen LogP contribution >= 0.6 is 0 Å². The van der Waals surface area contributed by atoms with Gasteiger partial charge in [0.25, 0.3) is 0 Å². The lowest BCUT2D eigenvalue weighted by atomic mass is 10.0. The lowest BCUT2D eigenvalue weighted by molar-refractivity contribution is 0.100. The minimum absolute atomic E-state index is 0.134. The van der Waals surface area contributed by atoms with Crippen molar-refractivity contribution >= 4 is 11.7 Å². The summed E-state index contributed by atoms with van der Waals surface area (Å²) in [6, 6.07) is 19.4. The van der Waals surface area contributed by atoms with Gasteiger partial charge in [0.2, 0.25) is 0 Å². The maximum absolute atomic E-state index is 12.2. The highest BCUT2D eigenvalue weighted by atomic mass is 16.6. The van der Waals surface area contributed by atoms with Crippen molar-refractivity contribution in [1.82, 2.24) is 4.90 Å². The van der Waals surface area contributed by atoms with Crippen LogP contribution in [0.5, 0.6) is 0 Å². The lowest BCUT2D eigenvalue weighted by Crippen LogP contribution is -2.36. The summed E-state index contributed by atoms with van der Waals surface area (Å²) < 4.78 is 5.34. The Kier molecular flexibility index (Phi) is 5.37. The van der Waals surface area contributed by atoms with Gasteiger partial charge in [-0.25, -0.2) is 4.79 Å². The maximum atomic E-state index is 12.2. The van der Waals surface area contributed by atoms with Gasteiger partial charge in [-0.2, -0.15) is 0 Å². The number of rotatable bonds is 5. The molecule has 114 valence electrons. The fourth-order valence-corrected chi connectivity index (χ4v) is 2.11. The molecule has 3 nitrogen and oxygen atoms in total. The second-order valence-electron chi connectivity index (χ2n) is 5.22. The minimum atomic E-state index is -0.353. The van der Waals surface area contributed by atoms with Crippen molar-refractivity contribution in [3.63, 3.8) is 0 Å².